The average Bonchev–Trinajstić information content (AvgIpc) is 2.41. The molecule has 1 aliphatic carbocycles. The Morgan fingerprint density at radius 3 is 2.78 bits per heavy atom. The normalized spacial score (nSPS) is 26.7. The van der Waals surface area contributed by atoms with Crippen LogP contribution in [-0.2, 0) is 14.3 Å². The fourth-order valence-electron chi connectivity index (χ4n) is 1.95. The van der Waals surface area contributed by atoms with E-state index in [0.717, 1.165) is 12.8 Å². The molecule has 1 saturated carbocycles. The minimum Gasteiger partial charge on any atom is -0.460 e. The fraction of sp³-hybridized carbons (Fsp3) is 0.571. The Labute approximate surface area is 107 Å². The highest BCUT2D eigenvalue weighted by molar-refractivity contribution is 5.84. The lowest BCUT2D eigenvalue weighted by Crippen LogP contribution is -2.39. The second-order valence-electron chi connectivity index (χ2n) is 5.65. The van der Waals surface area contributed by atoms with Crippen LogP contribution in [0.2, 0.25) is 0 Å². The summed E-state index contributed by atoms with van der Waals surface area (Å²) in [5.41, 5.74) is -0.413. The van der Waals surface area contributed by atoms with Crippen molar-refractivity contribution >= 4 is 11.9 Å². The molecule has 4 heteroatoms. The summed E-state index contributed by atoms with van der Waals surface area (Å²) in [6.07, 6.45) is 8.45. The Morgan fingerprint density at radius 1 is 1.39 bits per heavy atom. The average molecular weight is 249 g/mol. The molecule has 0 amide bonds. The maximum atomic E-state index is 11.8. The molecule has 0 aromatic carbocycles. The van der Waals surface area contributed by atoms with Gasteiger partial charge < -0.3 is 9.47 Å². The molecule has 1 aliphatic heterocycles. The largest absolute Gasteiger partial charge is 0.460 e. The van der Waals surface area contributed by atoms with Crippen molar-refractivity contribution in [3.63, 3.8) is 0 Å². The van der Waals surface area contributed by atoms with E-state index < -0.39 is 5.60 Å². The molecule has 0 N–H and O–H groups in total. The summed E-state index contributed by atoms with van der Waals surface area (Å²) in [6.45, 7) is 5.65. The van der Waals surface area contributed by atoms with Gasteiger partial charge in [-0.2, -0.15) is 0 Å². The first-order valence-electron chi connectivity index (χ1n) is 6.24. The molecule has 2 rings (SSSR count). The molecule has 1 fully saturated rings. The van der Waals surface area contributed by atoms with E-state index in [9.17, 15) is 4.79 Å². The Bertz CT molecular complexity index is 409. The number of aliphatic imine (C=N–C) groups is 1. The van der Waals surface area contributed by atoms with Gasteiger partial charge in [0.05, 0.1) is 12.2 Å². The first-order valence-corrected chi connectivity index (χ1v) is 6.24. The highest BCUT2D eigenvalue weighted by Crippen LogP contribution is 2.37. The molecule has 0 unspecified atom stereocenters. The molecule has 0 spiro atoms. The maximum absolute atomic E-state index is 11.8. The van der Waals surface area contributed by atoms with Crippen LogP contribution >= 0.6 is 0 Å². The SMILES string of the molecule is CC(C)(C)OC(=O)C1CC(C2=NC=CC=CO2)C1. The third kappa shape index (κ3) is 3.22. The lowest BCUT2D eigenvalue weighted by Gasteiger charge is -2.35. The Morgan fingerprint density at radius 2 is 2.11 bits per heavy atom. The van der Waals surface area contributed by atoms with E-state index in [-0.39, 0.29) is 17.8 Å². The molecule has 0 aromatic rings. The van der Waals surface area contributed by atoms with Crippen molar-refractivity contribution in [3.05, 3.63) is 24.6 Å². The van der Waals surface area contributed by atoms with Crippen molar-refractivity contribution in [1.82, 2.24) is 0 Å². The van der Waals surface area contributed by atoms with E-state index in [4.69, 9.17) is 9.47 Å². The summed E-state index contributed by atoms with van der Waals surface area (Å²) in [5.74, 6) is 0.797. The third-order valence-corrected chi connectivity index (χ3v) is 2.89. The van der Waals surface area contributed by atoms with Crippen molar-refractivity contribution in [2.45, 2.75) is 39.2 Å². The van der Waals surface area contributed by atoms with Gasteiger partial charge in [-0.05, 0) is 45.8 Å². The van der Waals surface area contributed by atoms with Gasteiger partial charge in [0.2, 0.25) is 0 Å². The van der Waals surface area contributed by atoms with Crippen LogP contribution in [0, 0.1) is 11.8 Å². The molecule has 0 radical (unpaired) electrons. The summed E-state index contributed by atoms with van der Waals surface area (Å²) in [5, 5.41) is 0. The van der Waals surface area contributed by atoms with E-state index in [2.05, 4.69) is 4.99 Å². The van der Waals surface area contributed by atoms with Crippen molar-refractivity contribution < 1.29 is 14.3 Å². The van der Waals surface area contributed by atoms with Gasteiger partial charge in [-0.3, -0.25) is 4.79 Å². The molecule has 18 heavy (non-hydrogen) atoms. The van der Waals surface area contributed by atoms with E-state index in [1.165, 1.54) is 0 Å². The van der Waals surface area contributed by atoms with Gasteiger partial charge in [0.15, 0.2) is 5.90 Å². The molecule has 4 nitrogen and oxygen atoms in total. The highest BCUT2D eigenvalue weighted by atomic mass is 16.6. The number of carbonyl (C=O) groups is 1. The van der Waals surface area contributed by atoms with Crippen LogP contribution in [0.15, 0.2) is 29.6 Å². The first kappa shape index (κ1) is 12.9. The number of hydrogen-bond acceptors (Lipinski definition) is 4. The number of nitrogens with zero attached hydrogens (tertiary/aromatic N) is 1. The van der Waals surface area contributed by atoms with Gasteiger partial charge in [-0.15, -0.1) is 0 Å². The van der Waals surface area contributed by atoms with Crippen LogP contribution in [0.3, 0.4) is 0 Å². The van der Waals surface area contributed by atoms with Gasteiger partial charge in [-0.25, -0.2) is 4.99 Å². The molecule has 2 aliphatic rings. The lowest BCUT2D eigenvalue weighted by atomic mass is 9.74. The quantitative estimate of drug-likeness (QED) is 0.707. The number of hydrogen-bond donors (Lipinski definition) is 0. The Balaban J connectivity index is 1.83. The topological polar surface area (TPSA) is 47.9 Å². The van der Waals surface area contributed by atoms with Gasteiger partial charge in [-0.1, -0.05) is 0 Å². The third-order valence-electron chi connectivity index (χ3n) is 2.89. The zero-order valence-corrected chi connectivity index (χ0v) is 11.1. The number of esters is 1. The van der Waals surface area contributed by atoms with Gasteiger partial charge in [0.25, 0.3) is 0 Å². The van der Waals surface area contributed by atoms with E-state index in [1.54, 1.807) is 18.5 Å². The summed E-state index contributed by atoms with van der Waals surface area (Å²) < 4.78 is 10.7. The molecule has 0 aromatic heterocycles. The van der Waals surface area contributed by atoms with Gasteiger partial charge >= 0.3 is 5.97 Å². The number of carbonyl (C=O) groups excluding carboxylic acids is 1. The Hall–Kier alpha value is -1.58. The van der Waals surface area contributed by atoms with Crippen molar-refractivity contribution in [2.75, 3.05) is 0 Å². The summed E-state index contributed by atoms with van der Waals surface area (Å²) in [7, 11) is 0. The van der Waals surface area contributed by atoms with Crippen molar-refractivity contribution in [1.29, 1.82) is 0 Å². The standard InChI is InChI=1S/C14H19NO3/c1-14(2,3)18-13(16)11-8-10(9-11)12-15-6-4-5-7-17-12/h4-7,10-11H,8-9H2,1-3H3. The minimum atomic E-state index is -0.413. The van der Waals surface area contributed by atoms with E-state index in [1.807, 2.05) is 26.8 Å². The summed E-state index contributed by atoms with van der Waals surface area (Å²) in [6, 6.07) is 0. The first-order chi connectivity index (χ1) is 8.46. The molecule has 0 saturated heterocycles. The number of ether oxygens (including phenoxy) is 2. The molecule has 98 valence electrons. The van der Waals surface area contributed by atoms with Gasteiger partial charge in [0, 0.05) is 12.1 Å². The Kier molecular flexibility index (Phi) is 3.55. The summed E-state index contributed by atoms with van der Waals surface area (Å²) >= 11 is 0. The van der Waals surface area contributed by atoms with E-state index >= 15 is 0 Å². The van der Waals surface area contributed by atoms with Crippen LogP contribution in [0.4, 0.5) is 0 Å². The van der Waals surface area contributed by atoms with Crippen molar-refractivity contribution in [2.24, 2.45) is 16.8 Å². The molecule has 0 bridgehead atoms. The molecular formula is C14H19NO3. The zero-order chi connectivity index (χ0) is 13.2. The monoisotopic (exact) mass is 249 g/mol. The minimum absolute atomic E-state index is 0.0169. The lowest BCUT2D eigenvalue weighted by molar-refractivity contribution is -0.163. The number of allylic oxidation sites excluding steroid dienone is 2. The predicted octanol–water partition coefficient (Wildman–Crippen LogP) is 2.81. The summed E-state index contributed by atoms with van der Waals surface area (Å²) in [4.78, 5) is 16.0. The highest BCUT2D eigenvalue weighted by Gasteiger charge is 2.40. The zero-order valence-electron chi connectivity index (χ0n) is 11.1. The molecular weight excluding hydrogens is 230 g/mol. The van der Waals surface area contributed by atoms with Crippen LogP contribution in [0.25, 0.3) is 0 Å². The smallest absolute Gasteiger partial charge is 0.309 e. The maximum Gasteiger partial charge on any atom is 0.309 e. The molecule has 1 heterocycles. The van der Waals surface area contributed by atoms with E-state index in [0.29, 0.717) is 5.90 Å². The van der Waals surface area contributed by atoms with Crippen LogP contribution < -0.4 is 0 Å². The number of rotatable bonds is 2. The van der Waals surface area contributed by atoms with Crippen LogP contribution in [0.1, 0.15) is 33.6 Å². The molecule has 0 atom stereocenters. The second kappa shape index (κ2) is 4.96. The van der Waals surface area contributed by atoms with Crippen molar-refractivity contribution in [3.8, 4) is 0 Å². The van der Waals surface area contributed by atoms with Crippen LogP contribution in [-0.4, -0.2) is 17.5 Å². The fourth-order valence-corrected chi connectivity index (χ4v) is 1.95. The second-order valence-corrected chi connectivity index (χ2v) is 5.65. The van der Waals surface area contributed by atoms with Gasteiger partial charge in [0.1, 0.15) is 5.60 Å². The predicted molar refractivity (Wildman–Crippen MR) is 68.9 cm³/mol. The van der Waals surface area contributed by atoms with Crippen LogP contribution in [0.5, 0.6) is 0 Å².